The molecule has 0 radical (unpaired) electrons. The normalized spacial score (nSPS) is 11.2. The highest BCUT2D eigenvalue weighted by Crippen LogP contribution is 2.22. The van der Waals surface area contributed by atoms with Crippen molar-refractivity contribution in [3.63, 3.8) is 0 Å². The van der Waals surface area contributed by atoms with E-state index in [1.54, 1.807) is 0 Å². The number of nitrogens with zero attached hydrogens (tertiary/aromatic N) is 2. The van der Waals surface area contributed by atoms with E-state index in [4.69, 9.17) is 0 Å². The van der Waals surface area contributed by atoms with Gasteiger partial charge in [-0.05, 0) is 25.1 Å². The van der Waals surface area contributed by atoms with Crippen LogP contribution in [-0.2, 0) is 10.0 Å². The lowest BCUT2D eigenvalue weighted by molar-refractivity contribution is 0.597. The molecule has 2 aromatic rings. The third kappa shape index (κ3) is 3.88. The molecule has 0 fully saturated rings. The summed E-state index contributed by atoms with van der Waals surface area (Å²) in [6.07, 6.45) is 2.31. The van der Waals surface area contributed by atoms with E-state index < -0.39 is 15.8 Å². The molecule has 6 nitrogen and oxygen atoms in total. The van der Waals surface area contributed by atoms with Gasteiger partial charge in [-0.3, -0.25) is 4.72 Å². The van der Waals surface area contributed by atoms with Gasteiger partial charge in [0.2, 0.25) is 5.95 Å². The van der Waals surface area contributed by atoms with Gasteiger partial charge < -0.3 is 5.32 Å². The Kier molecular flexibility index (Phi) is 4.73. The second-order valence-corrected chi connectivity index (χ2v) is 6.60. The molecule has 9 heteroatoms. The molecule has 1 aromatic heterocycles. The summed E-state index contributed by atoms with van der Waals surface area (Å²) < 4.78 is 40.6. The Balaban J connectivity index is 2.25. The molecule has 0 saturated carbocycles. The molecule has 21 heavy (non-hydrogen) atoms. The van der Waals surface area contributed by atoms with E-state index in [0.29, 0.717) is 17.0 Å². The number of nitrogens with one attached hydrogen (secondary N) is 2. The van der Waals surface area contributed by atoms with Crippen molar-refractivity contribution in [2.24, 2.45) is 0 Å². The number of sulfonamides is 1. The second-order valence-electron chi connectivity index (χ2n) is 4.00. The van der Waals surface area contributed by atoms with Gasteiger partial charge in [-0.15, -0.1) is 0 Å². The maximum atomic E-state index is 13.7. The Bertz CT molecular complexity index is 737. The zero-order valence-electron chi connectivity index (χ0n) is 11.0. The average molecular weight is 375 g/mol. The molecule has 112 valence electrons. The van der Waals surface area contributed by atoms with Crippen molar-refractivity contribution in [2.75, 3.05) is 16.6 Å². The number of anilines is 2. The minimum atomic E-state index is -3.94. The highest BCUT2D eigenvalue weighted by Gasteiger charge is 2.17. The van der Waals surface area contributed by atoms with Crippen molar-refractivity contribution in [3.8, 4) is 0 Å². The standard InChI is InChI=1S/C12H12BrFN4O2S/c1-2-15-12-16-6-9(7-17-12)21(19,20)18-11-4-3-8(13)5-10(11)14/h3-7,18H,2H2,1H3,(H,15,16,17). The predicted molar refractivity (Wildman–Crippen MR) is 81.1 cm³/mol. The first-order valence-corrected chi connectivity index (χ1v) is 8.24. The maximum absolute atomic E-state index is 13.7. The van der Waals surface area contributed by atoms with Crippen LogP contribution in [0.1, 0.15) is 6.92 Å². The lowest BCUT2D eigenvalue weighted by Gasteiger charge is -2.09. The molecular formula is C12H12BrFN4O2S. The van der Waals surface area contributed by atoms with Crippen molar-refractivity contribution < 1.29 is 12.8 Å². The van der Waals surface area contributed by atoms with Crippen LogP contribution in [0.25, 0.3) is 0 Å². The van der Waals surface area contributed by atoms with E-state index in [0.717, 1.165) is 12.4 Å². The molecule has 2 rings (SSSR count). The van der Waals surface area contributed by atoms with Gasteiger partial charge >= 0.3 is 0 Å². The molecule has 0 amide bonds. The van der Waals surface area contributed by atoms with Gasteiger partial charge in [-0.2, -0.15) is 0 Å². The summed E-state index contributed by atoms with van der Waals surface area (Å²) in [5.41, 5.74) is -0.144. The lowest BCUT2D eigenvalue weighted by atomic mass is 10.3. The first kappa shape index (κ1) is 15.6. The molecule has 0 saturated heterocycles. The number of hydrogen-bond acceptors (Lipinski definition) is 5. The van der Waals surface area contributed by atoms with Crippen molar-refractivity contribution in [3.05, 3.63) is 40.9 Å². The minimum absolute atomic E-state index is 0.144. The molecule has 0 spiro atoms. The Morgan fingerprint density at radius 2 is 1.95 bits per heavy atom. The number of rotatable bonds is 5. The summed E-state index contributed by atoms with van der Waals surface area (Å²) in [4.78, 5) is 7.59. The quantitative estimate of drug-likeness (QED) is 0.840. The fraction of sp³-hybridized carbons (Fsp3) is 0.167. The van der Waals surface area contributed by atoms with Crippen molar-refractivity contribution in [2.45, 2.75) is 11.8 Å². The summed E-state index contributed by atoms with van der Waals surface area (Å²) >= 11 is 3.10. The molecule has 1 aromatic carbocycles. The van der Waals surface area contributed by atoms with Gasteiger partial charge in [0.15, 0.2) is 0 Å². The van der Waals surface area contributed by atoms with Crippen LogP contribution in [-0.4, -0.2) is 24.9 Å². The van der Waals surface area contributed by atoms with Crippen LogP contribution in [0.2, 0.25) is 0 Å². The van der Waals surface area contributed by atoms with E-state index in [1.807, 2.05) is 6.92 Å². The molecule has 0 bridgehead atoms. The summed E-state index contributed by atoms with van der Waals surface area (Å²) in [5, 5.41) is 2.85. The third-order valence-electron chi connectivity index (χ3n) is 2.45. The Morgan fingerprint density at radius 1 is 1.29 bits per heavy atom. The zero-order chi connectivity index (χ0) is 15.5. The van der Waals surface area contributed by atoms with Gasteiger partial charge in [0.1, 0.15) is 10.7 Å². The number of aromatic nitrogens is 2. The van der Waals surface area contributed by atoms with Crippen molar-refractivity contribution in [1.82, 2.24) is 9.97 Å². The lowest BCUT2D eigenvalue weighted by Crippen LogP contribution is -2.15. The second kappa shape index (κ2) is 6.35. The molecule has 0 unspecified atom stereocenters. The summed E-state index contributed by atoms with van der Waals surface area (Å²) in [6.45, 7) is 2.49. The summed E-state index contributed by atoms with van der Waals surface area (Å²) in [7, 11) is -3.94. The fourth-order valence-corrected chi connectivity index (χ4v) is 2.77. The van der Waals surface area contributed by atoms with Gasteiger partial charge in [-0.25, -0.2) is 22.8 Å². The molecule has 0 aliphatic heterocycles. The number of halogens is 2. The first-order valence-electron chi connectivity index (χ1n) is 5.96. The molecule has 2 N–H and O–H groups in total. The van der Waals surface area contributed by atoms with Crippen LogP contribution in [0.5, 0.6) is 0 Å². The highest BCUT2D eigenvalue weighted by molar-refractivity contribution is 9.10. The smallest absolute Gasteiger partial charge is 0.265 e. The van der Waals surface area contributed by atoms with Crippen molar-refractivity contribution in [1.29, 1.82) is 0 Å². The van der Waals surface area contributed by atoms with Gasteiger partial charge in [0, 0.05) is 11.0 Å². The van der Waals surface area contributed by atoms with Crippen LogP contribution in [0.3, 0.4) is 0 Å². The van der Waals surface area contributed by atoms with E-state index in [9.17, 15) is 12.8 Å². The monoisotopic (exact) mass is 374 g/mol. The zero-order valence-corrected chi connectivity index (χ0v) is 13.4. The van der Waals surface area contributed by atoms with Gasteiger partial charge in [0.05, 0.1) is 18.1 Å². The third-order valence-corrected chi connectivity index (χ3v) is 4.26. The average Bonchev–Trinajstić information content (AvgIpc) is 2.43. The molecule has 0 aliphatic carbocycles. The van der Waals surface area contributed by atoms with Crippen LogP contribution in [0.15, 0.2) is 40.0 Å². The van der Waals surface area contributed by atoms with Crippen LogP contribution < -0.4 is 10.0 Å². The molecule has 0 aliphatic rings. The predicted octanol–water partition coefficient (Wildman–Crippen LogP) is 2.61. The molecule has 1 heterocycles. The van der Waals surface area contributed by atoms with Crippen LogP contribution >= 0.6 is 15.9 Å². The summed E-state index contributed by atoms with van der Waals surface area (Å²) in [6, 6.07) is 4.03. The van der Waals surface area contributed by atoms with Gasteiger partial charge in [-0.1, -0.05) is 15.9 Å². The topological polar surface area (TPSA) is 84.0 Å². The SMILES string of the molecule is CCNc1ncc(S(=O)(=O)Nc2ccc(Br)cc2F)cn1. The fourth-order valence-electron chi connectivity index (χ4n) is 1.48. The Morgan fingerprint density at radius 3 is 2.52 bits per heavy atom. The maximum Gasteiger partial charge on any atom is 0.265 e. The van der Waals surface area contributed by atoms with Crippen LogP contribution in [0, 0.1) is 5.82 Å². The number of benzene rings is 1. The molecular weight excluding hydrogens is 363 g/mol. The Labute approximate surface area is 130 Å². The molecule has 0 atom stereocenters. The van der Waals surface area contributed by atoms with E-state index in [1.165, 1.54) is 18.2 Å². The Hall–Kier alpha value is -1.74. The summed E-state index contributed by atoms with van der Waals surface area (Å²) in [5.74, 6) is -0.357. The minimum Gasteiger partial charge on any atom is -0.355 e. The highest BCUT2D eigenvalue weighted by atomic mass is 79.9. The van der Waals surface area contributed by atoms with Crippen molar-refractivity contribution >= 4 is 37.6 Å². The van der Waals surface area contributed by atoms with E-state index in [-0.39, 0.29) is 10.6 Å². The van der Waals surface area contributed by atoms with E-state index in [2.05, 4.69) is 35.9 Å². The van der Waals surface area contributed by atoms with Gasteiger partial charge in [0.25, 0.3) is 10.0 Å². The number of hydrogen-bond donors (Lipinski definition) is 2. The van der Waals surface area contributed by atoms with Crippen LogP contribution in [0.4, 0.5) is 16.0 Å². The van der Waals surface area contributed by atoms with E-state index >= 15 is 0 Å². The largest absolute Gasteiger partial charge is 0.355 e. The first-order chi connectivity index (χ1) is 9.92.